The third kappa shape index (κ3) is 2.42. The Morgan fingerprint density at radius 2 is 2.11 bits per heavy atom. The van der Waals surface area contributed by atoms with E-state index in [0.29, 0.717) is 13.1 Å². The number of rotatable bonds is 3. The second-order valence-corrected chi connectivity index (χ2v) is 4.41. The largest absolute Gasteiger partial charge is 0.481 e. The van der Waals surface area contributed by atoms with Gasteiger partial charge >= 0.3 is 5.97 Å². The summed E-state index contributed by atoms with van der Waals surface area (Å²) in [5.74, 6) is -1.80. The third-order valence-corrected chi connectivity index (χ3v) is 2.96. The number of carboxylic acid groups (broad SMARTS) is 1. The van der Waals surface area contributed by atoms with Gasteiger partial charge in [0.05, 0.1) is 12.1 Å². The second kappa shape index (κ2) is 4.64. The summed E-state index contributed by atoms with van der Waals surface area (Å²) in [6.07, 6.45) is 0.0554. The number of aliphatic carboxylic acids is 1. The number of hydrogen-bond acceptors (Lipinski definition) is 3. The number of nitrogens with zero attached hydrogens (tertiary/aromatic N) is 1. The van der Waals surface area contributed by atoms with E-state index in [0.717, 1.165) is 6.07 Å². The van der Waals surface area contributed by atoms with E-state index in [1.54, 1.807) is 0 Å². The zero-order chi connectivity index (χ0) is 13.3. The maximum Gasteiger partial charge on any atom is 0.303 e. The van der Waals surface area contributed by atoms with Gasteiger partial charge in [-0.05, 0) is 18.2 Å². The smallest absolute Gasteiger partial charge is 0.303 e. The number of amides is 1. The highest BCUT2D eigenvalue weighted by atomic mass is 19.1. The number of nitrogens with two attached hydrogens (primary N) is 1. The number of halogens is 1. The predicted octanol–water partition coefficient (Wildman–Crippen LogP) is 0.955. The summed E-state index contributed by atoms with van der Waals surface area (Å²) in [5, 5.41) is 8.59. The lowest BCUT2D eigenvalue weighted by Crippen LogP contribution is -2.50. The van der Waals surface area contributed by atoms with E-state index < -0.39 is 11.8 Å². The zero-order valence-corrected chi connectivity index (χ0v) is 9.60. The minimum atomic E-state index is -0.870. The number of hydrogen-bond donors (Lipinski definition) is 2. The van der Waals surface area contributed by atoms with Crippen LogP contribution >= 0.6 is 0 Å². The molecule has 1 aromatic carbocycles. The van der Waals surface area contributed by atoms with E-state index >= 15 is 0 Å². The van der Waals surface area contributed by atoms with Crippen LogP contribution in [0.1, 0.15) is 16.8 Å². The Morgan fingerprint density at radius 3 is 2.67 bits per heavy atom. The van der Waals surface area contributed by atoms with Crippen LogP contribution in [0.25, 0.3) is 0 Å². The van der Waals surface area contributed by atoms with Crippen LogP contribution in [0, 0.1) is 11.7 Å². The summed E-state index contributed by atoms with van der Waals surface area (Å²) in [6, 6.07) is 3.91. The minimum absolute atomic E-state index is 0.00101. The van der Waals surface area contributed by atoms with Gasteiger partial charge in [0.2, 0.25) is 0 Å². The minimum Gasteiger partial charge on any atom is -0.481 e. The van der Waals surface area contributed by atoms with E-state index in [1.165, 1.54) is 17.0 Å². The van der Waals surface area contributed by atoms with Gasteiger partial charge in [-0.25, -0.2) is 4.39 Å². The van der Waals surface area contributed by atoms with Gasteiger partial charge in [0.1, 0.15) is 5.82 Å². The molecule has 0 radical (unpaired) electrons. The van der Waals surface area contributed by atoms with Crippen molar-refractivity contribution < 1.29 is 19.1 Å². The maximum absolute atomic E-state index is 13.2. The Labute approximate surface area is 103 Å². The molecule has 2 rings (SSSR count). The van der Waals surface area contributed by atoms with E-state index in [9.17, 15) is 14.0 Å². The summed E-state index contributed by atoms with van der Waals surface area (Å²) >= 11 is 0. The van der Waals surface area contributed by atoms with Crippen LogP contribution in [0.5, 0.6) is 0 Å². The van der Waals surface area contributed by atoms with Gasteiger partial charge in [-0.2, -0.15) is 0 Å². The first-order valence-electron chi connectivity index (χ1n) is 5.53. The molecule has 5 nitrogen and oxygen atoms in total. The molecular formula is C12H13FN2O3. The molecular weight excluding hydrogens is 239 g/mol. The molecule has 1 fully saturated rings. The van der Waals surface area contributed by atoms with Crippen LogP contribution in [0.2, 0.25) is 0 Å². The molecule has 18 heavy (non-hydrogen) atoms. The number of carboxylic acids is 1. The van der Waals surface area contributed by atoms with E-state index in [2.05, 4.69) is 0 Å². The normalized spacial score (nSPS) is 15.3. The maximum atomic E-state index is 13.2. The Balaban J connectivity index is 1.97. The van der Waals surface area contributed by atoms with Gasteiger partial charge in [-0.3, -0.25) is 9.59 Å². The quantitative estimate of drug-likeness (QED) is 0.785. The van der Waals surface area contributed by atoms with Gasteiger partial charge in [-0.15, -0.1) is 0 Å². The Hall–Kier alpha value is -2.11. The number of benzene rings is 1. The summed E-state index contributed by atoms with van der Waals surface area (Å²) in [6.45, 7) is 0.800. The lowest BCUT2D eigenvalue weighted by molar-refractivity contribution is -0.139. The number of nitrogen functional groups attached to an aromatic ring is 1. The fourth-order valence-corrected chi connectivity index (χ4v) is 1.95. The zero-order valence-electron chi connectivity index (χ0n) is 9.60. The first-order chi connectivity index (χ1) is 8.47. The van der Waals surface area contributed by atoms with Crippen LogP contribution in [-0.2, 0) is 4.79 Å². The van der Waals surface area contributed by atoms with E-state index in [1.807, 2.05) is 0 Å². The molecule has 0 spiro atoms. The van der Waals surface area contributed by atoms with Crippen molar-refractivity contribution in [1.82, 2.24) is 4.90 Å². The monoisotopic (exact) mass is 252 g/mol. The molecule has 1 aliphatic heterocycles. The van der Waals surface area contributed by atoms with Gasteiger partial charge in [-0.1, -0.05) is 0 Å². The Bertz CT molecular complexity index is 498. The first-order valence-corrected chi connectivity index (χ1v) is 5.53. The number of carbonyl (C=O) groups is 2. The number of likely N-dealkylation sites (tertiary alicyclic amines) is 1. The Kier molecular flexibility index (Phi) is 3.18. The summed E-state index contributed by atoms with van der Waals surface area (Å²) in [7, 11) is 0. The highest BCUT2D eigenvalue weighted by Crippen LogP contribution is 2.22. The molecule has 1 heterocycles. The average molecular weight is 252 g/mol. The summed E-state index contributed by atoms with van der Waals surface area (Å²) < 4.78 is 13.2. The molecule has 0 aromatic heterocycles. The molecule has 0 saturated carbocycles. The summed E-state index contributed by atoms with van der Waals surface area (Å²) in [4.78, 5) is 23.9. The van der Waals surface area contributed by atoms with E-state index in [4.69, 9.17) is 10.8 Å². The van der Waals surface area contributed by atoms with Crippen molar-refractivity contribution in [3.63, 3.8) is 0 Å². The van der Waals surface area contributed by atoms with E-state index in [-0.39, 0.29) is 29.5 Å². The molecule has 6 heteroatoms. The molecule has 96 valence electrons. The van der Waals surface area contributed by atoms with Crippen molar-refractivity contribution >= 4 is 17.6 Å². The van der Waals surface area contributed by atoms with Gasteiger partial charge in [0, 0.05) is 24.6 Å². The van der Waals surface area contributed by atoms with Crippen LogP contribution in [0.3, 0.4) is 0 Å². The molecule has 3 N–H and O–H groups in total. The summed E-state index contributed by atoms with van der Waals surface area (Å²) in [5.41, 5.74) is 5.55. The molecule has 1 aliphatic rings. The van der Waals surface area contributed by atoms with Gasteiger partial charge < -0.3 is 15.7 Å². The second-order valence-electron chi connectivity index (χ2n) is 4.41. The fraction of sp³-hybridized carbons (Fsp3) is 0.333. The van der Waals surface area contributed by atoms with Crippen molar-refractivity contribution in [2.45, 2.75) is 6.42 Å². The van der Waals surface area contributed by atoms with Crippen LogP contribution in [0.15, 0.2) is 18.2 Å². The van der Waals surface area contributed by atoms with Crippen LogP contribution in [0.4, 0.5) is 10.1 Å². The van der Waals surface area contributed by atoms with Crippen LogP contribution < -0.4 is 5.73 Å². The Morgan fingerprint density at radius 1 is 1.44 bits per heavy atom. The molecule has 0 unspecified atom stereocenters. The van der Waals surface area contributed by atoms with Gasteiger partial charge in [0.25, 0.3) is 5.91 Å². The van der Waals surface area contributed by atoms with Gasteiger partial charge in [0.15, 0.2) is 0 Å². The highest BCUT2D eigenvalue weighted by molar-refractivity contribution is 5.95. The molecule has 0 atom stereocenters. The molecule has 0 aliphatic carbocycles. The lowest BCUT2D eigenvalue weighted by atomic mass is 9.95. The van der Waals surface area contributed by atoms with Crippen molar-refractivity contribution in [3.05, 3.63) is 29.6 Å². The highest BCUT2D eigenvalue weighted by Gasteiger charge is 2.32. The van der Waals surface area contributed by atoms with Crippen LogP contribution in [-0.4, -0.2) is 35.0 Å². The molecule has 0 bridgehead atoms. The topological polar surface area (TPSA) is 83.6 Å². The number of anilines is 1. The number of carbonyl (C=O) groups excluding carboxylic acids is 1. The molecule has 1 aromatic rings. The first kappa shape index (κ1) is 12.3. The van der Waals surface area contributed by atoms with Crippen molar-refractivity contribution in [2.75, 3.05) is 18.8 Å². The van der Waals surface area contributed by atoms with Crippen molar-refractivity contribution in [1.29, 1.82) is 0 Å². The predicted molar refractivity (Wildman–Crippen MR) is 62.5 cm³/mol. The lowest BCUT2D eigenvalue weighted by Gasteiger charge is -2.38. The fourth-order valence-electron chi connectivity index (χ4n) is 1.95. The van der Waals surface area contributed by atoms with Crippen molar-refractivity contribution in [3.8, 4) is 0 Å². The molecule has 1 saturated heterocycles. The SMILES string of the molecule is Nc1ccc(C(=O)N2CC(CC(=O)O)C2)cc1F. The average Bonchev–Trinajstić information content (AvgIpc) is 2.25. The molecule has 1 amide bonds. The third-order valence-electron chi connectivity index (χ3n) is 2.96. The standard InChI is InChI=1S/C12H13FN2O3/c13-9-4-8(1-2-10(9)14)12(18)15-5-7(6-15)3-11(16)17/h1-2,4,7H,3,5-6,14H2,(H,16,17). The van der Waals surface area contributed by atoms with Crippen molar-refractivity contribution in [2.24, 2.45) is 5.92 Å².